The summed E-state index contributed by atoms with van der Waals surface area (Å²) in [5.41, 5.74) is 5.43. The normalized spacial score (nSPS) is 12.8. The molecule has 2 aromatic rings. The van der Waals surface area contributed by atoms with Crippen molar-refractivity contribution in [3.05, 3.63) is 46.4 Å². The number of amides is 1. The quantitative estimate of drug-likeness (QED) is 0.823. The van der Waals surface area contributed by atoms with Crippen molar-refractivity contribution in [2.45, 2.75) is 24.5 Å². The third kappa shape index (κ3) is 4.28. The molecule has 8 heteroatoms. The number of carbonyl (C=O) groups excluding carboxylic acids is 1. The molecule has 1 aromatic heterocycles. The second kappa shape index (κ2) is 6.89. The van der Waals surface area contributed by atoms with Gasteiger partial charge in [0.1, 0.15) is 22.6 Å². The van der Waals surface area contributed by atoms with Gasteiger partial charge in [0, 0.05) is 5.38 Å². The van der Waals surface area contributed by atoms with Crippen LogP contribution < -0.4 is 10.5 Å². The van der Waals surface area contributed by atoms with E-state index in [-0.39, 0.29) is 12.4 Å². The van der Waals surface area contributed by atoms with Gasteiger partial charge in [-0.1, -0.05) is 18.2 Å². The lowest BCUT2D eigenvalue weighted by Gasteiger charge is -2.07. The number of carbonyl (C=O) groups is 1. The Hall–Kier alpha value is -1.93. The number of nitrogens with two attached hydrogens (primary N) is 1. The van der Waals surface area contributed by atoms with Gasteiger partial charge >= 0.3 is 0 Å². The minimum absolute atomic E-state index is 0.264. The zero-order chi connectivity index (χ0) is 16.2. The van der Waals surface area contributed by atoms with Crippen molar-refractivity contribution < 1.29 is 17.9 Å². The molecule has 6 nitrogen and oxygen atoms in total. The van der Waals surface area contributed by atoms with E-state index in [1.54, 1.807) is 5.38 Å². The van der Waals surface area contributed by atoms with Crippen molar-refractivity contribution in [2.24, 2.45) is 5.73 Å². The molecular weight excluding hydrogens is 324 g/mol. The zero-order valence-corrected chi connectivity index (χ0v) is 13.6. The van der Waals surface area contributed by atoms with Gasteiger partial charge in [-0.25, -0.2) is 13.4 Å². The van der Waals surface area contributed by atoms with E-state index in [0.717, 1.165) is 0 Å². The molecule has 0 radical (unpaired) electrons. The Morgan fingerprint density at radius 3 is 2.68 bits per heavy atom. The van der Waals surface area contributed by atoms with Gasteiger partial charge in [-0.15, -0.1) is 11.3 Å². The number of nitrogens with zero attached hydrogens (tertiary/aromatic N) is 1. The van der Waals surface area contributed by atoms with Crippen LogP contribution in [-0.4, -0.2) is 24.6 Å². The summed E-state index contributed by atoms with van der Waals surface area (Å²) in [6, 6.07) is 9.26. The number of sulfone groups is 1. The Labute approximate surface area is 132 Å². The molecular formula is C14H16N2O4S2. The number of benzene rings is 1. The van der Waals surface area contributed by atoms with Gasteiger partial charge in [-0.05, 0) is 19.1 Å². The maximum Gasteiger partial charge on any atom is 0.235 e. The van der Waals surface area contributed by atoms with Crippen molar-refractivity contribution in [1.29, 1.82) is 0 Å². The molecule has 1 amide bonds. The van der Waals surface area contributed by atoms with E-state index in [0.29, 0.717) is 16.5 Å². The molecule has 1 atom stereocenters. The predicted molar refractivity (Wildman–Crippen MR) is 84.2 cm³/mol. The molecule has 2 rings (SSSR count). The lowest BCUT2D eigenvalue weighted by Crippen LogP contribution is -2.34. The molecule has 1 aromatic carbocycles. The first-order valence-corrected chi connectivity index (χ1v) is 9.10. The van der Waals surface area contributed by atoms with Crippen molar-refractivity contribution in [1.82, 2.24) is 4.98 Å². The highest BCUT2D eigenvalue weighted by Crippen LogP contribution is 2.17. The van der Waals surface area contributed by atoms with Gasteiger partial charge in [0.15, 0.2) is 9.84 Å². The second-order valence-electron chi connectivity index (χ2n) is 4.69. The Balaban J connectivity index is 1.98. The minimum atomic E-state index is -3.64. The molecule has 0 saturated heterocycles. The van der Waals surface area contributed by atoms with Crippen molar-refractivity contribution in [2.75, 3.05) is 0 Å². The van der Waals surface area contributed by atoms with Crippen molar-refractivity contribution in [3.8, 4) is 5.75 Å². The molecule has 0 fully saturated rings. The van der Waals surface area contributed by atoms with Crippen LogP contribution in [0.1, 0.15) is 17.6 Å². The molecule has 1 unspecified atom stereocenters. The Morgan fingerprint density at radius 1 is 1.36 bits per heavy atom. The van der Waals surface area contributed by atoms with E-state index in [2.05, 4.69) is 4.98 Å². The number of ether oxygens (including phenoxy) is 1. The number of aromatic nitrogens is 1. The van der Waals surface area contributed by atoms with Crippen LogP contribution in [0.2, 0.25) is 0 Å². The monoisotopic (exact) mass is 340 g/mol. The molecule has 22 heavy (non-hydrogen) atoms. The first-order chi connectivity index (χ1) is 10.4. The van der Waals surface area contributed by atoms with Crippen LogP contribution >= 0.6 is 11.3 Å². The van der Waals surface area contributed by atoms with E-state index in [1.807, 2.05) is 30.3 Å². The fourth-order valence-corrected chi connectivity index (χ4v) is 3.63. The molecule has 118 valence electrons. The highest BCUT2D eigenvalue weighted by atomic mass is 32.2. The lowest BCUT2D eigenvalue weighted by molar-refractivity contribution is -0.117. The molecule has 1 heterocycles. The fourth-order valence-electron chi connectivity index (χ4n) is 1.65. The molecule has 0 spiro atoms. The van der Waals surface area contributed by atoms with Crippen molar-refractivity contribution in [3.63, 3.8) is 0 Å². The maximum atomic E-state index is 12.0. The molecule has 0 aliphatic heterocycles. The van der Waals surface area contributed by atoms with Gasteiger partial charge in [0.05, 0.1) is 11.4 Å². The third-order valence-electron chi connectivity index (χ3n) is 2.99. The first kappa shape index (κ1) is 16.4. The molecule has 0 aliphatic carbocycles. The lowest BCUT2D eigenvalue weighted by atomic mass is 10.3. The number of hydrogen-bond acceptors (Lipinski definition) is 6. The highest BCUT2D eigenvalue weighted by molar-refractivity contribution is 7.92. The number of para-hydroxylation sites is 1. The van der Waals surface area contributed by atoms with Crippen LogP contribution in [0.4, 0.5) is 0 Å². The van der Waals surface area contributed by atoms with Gasteiger partial charge < -0.3 is 10.5 Å². The number of primary amides is 1. The maximum absolute atomic E-state index is 12.0. The SMILES string of the molecule is CC(C(N)=O)S(=O)(=O)Cc1csc(COc2ccccc2)n1. The van der Waals surface area contributed by atoms with Gasteiger partial charge in [-0.2, -0.15) is 0 Å². The summed E-state index contributed by atoms with van der Waals surface area (Å²) >= 11 is 1.31. The fraction of sp³-hybridized carbons (Fsp3) is 0.286. The van der Waals surface area contributed by atoms with E-state index < -0.39 is 21.0 Å². The van der Waals surface area contributed by atoms with Crippen LogP contribution in [0.3, 0.4) is 0 Å². The molecule has 2 N–H and O–H groups in total. The Bertz CT molecular complexity index is 741. The van der Waals surface area contributed by atoms with Crippen LogP contribution in [0.25, 0.3) is 0 Å². The van der Waals surface area contributed by atoms with Gasteiger partial charge in [-0.3, -0.25) is 4.79 Å². The van der Waals surface area contributed by atoms with Gasteiger partial charge in [0.25, 0.3) is 0 Å². The topological polar surface area (TPSA) is 99.4 Å². The first-order valence-electron chi connectivity index (χ1n) is 6.50. The summed E-state index contributed by atoms with van der Waals surface area (Å²) in [6.07, 6.45) is 0. The van der Waals surface area contributed by atoms with Crippen LogP contribution in [-0.2, 0) is 27.0 Å². The summed E-state index contributed by atoms with van der Waals surface area (Å²) in [5, 5.41) is 1.09. The van der Waals surface area contributed by atoms with Crippen LogP contribution in [0, 0.1) is 0 Å². The van der Waals surface area contributed by atoms with Crippen LogP contribution in [0.15, 0.2) is 35.7 Å². The zero-order valence-electron chi connectivity index (χ0n) is 11.9. The van der Waals surface area contributed by atoms with Crippen molar-refractivity contribution >= 4 is 27.1 Å². The van der Waals surface area contributed by atoms with Gasteiger partial charge in [0.2, 0.25) is 5.91 Å². The van der Waals surface area contributed by atoms with E-state index >= 15 is 0 Å². The predicted octanol–water partition coefficient (Wildman–Crippen LogP) is 1.51. The van der Waals surface area contributed by atoms with Crippen LogP contribution in [0.5, 0.6) is 5.75 Å². The summed E-state index contributed by atoms with van der Waals surface area (Å²) in [6.45, 7) is 1.55. The molecule has 0 aliphatic rings. The smallest absolute Gasteiger partial charge is 0.235 e. The summed E-state index contributed by atoms with van der Waals surface area (Å²) < 4.78 is 29.5. The summed E-state index contributed by atoms with van der Waals surface area (Å²) in [5.74, 6) is -0.448. The number of thiazole rings is 1. The molecule has 0 bridgehead atoms. The minimum Gasteiger partial charge on any atom is -0.486 e. The largest absolute Gasteiger partial charge is 0.486 e. The summed E-state index contributed by atoms with van der Waals surface area (Å²) in [7, 11) is -3.64. The number of hydrogen-bond donors (Lipinski definition) is 1. The standard InChI is InChI=1S/C14H16N2O4S2/c1-10(14(15)17)22(18,19)9-11-8-21-13(16-11)7-20-12-5-3-2-4-6-12/h2-6,8,10H,7,9H2,1H3,(H2,15,17). The Morgan fingerprint density at radius 2 is 2.05 bits per heavy atom. The second-order valence-corrected chi connectivity index (χ2v) is 7.95. The summed E-state index contributed by atoms with van der Waals surface area (Å²) in [4.78, 5) is 15.2. The van der Waals surface area contributed by atoms with E-state index in [4.69, 9.17) is 10.5 Å². The van der Waals surface area contributed by atoms with E-state index in [9.17, 15) is 13.2 Å². The molecule has 0 saturated carbocycles. The highest BCUT2D eigenvalue weighted by Gasteiger charge is 2.27. The van der Waals surface area contributed by atoms with E-state index in [1.165, 1.54) is 18.3 Å². The number of rotatable bonds is 7. The average molecular weight is 340 g/mol. The average Bonchev–Trinajstić information content (AvgIpc) is 2.92. The Kier molecular flexibility index (Phi) is 5.15. The third-order valence-corrected chi connectivity index (χ3v) is 5.87.